The first-order valence-electron chi connectivity index (χ1n) is 7.91. The molecular weight excluding hydrogens is 218 g/mol. The predicted octanol–water partition coefficient (Wildman–Crippen LogP) is 5.84. The van der Waals surface area contributed by atoms with Crippen LogP contribution in [0.1, 0.15) is 81.1 Å². The summed E-state index contributed by atoms with van der Waals surface area (Å²) in [6.07, 6.45) is 5.28. The Bertz CT molecular complexity index is 133. The summed E-state index contributed by atoms with van der Waals surface area (Å²) in [6.45, 7) is 18.8. The van der Waals surface area contributed by atoms with E-state index in [2.05, 4.69) is 60.5 Å². The van der Waals surface area contributed by atoms with Crippen LogP contribution in [-0.4, -0.2) is 25.5 Å². The van der Waals surface area contributed by atoms with Crippen molar-refractivity contribution < 1.29 is 0 Å². The maximum Gasteiger partial charge on any atom is 0.000376 e. The van der Waals surface area contributed by atoms with Gasteiger partial charge in [0.15, 0.2) is 0 Å². The lowest BCUT2D eigenvalue weighted by Crippen LogP contribution is -2.25. The standard InChI is InChI=1S/C12H27N.C3H8.C2H6/c1-7-8-11(10-13(5)6)9-12(2,3)4;1-3-2;1-2/h11H,7-10H2,1-6H3;3H2,1-2H3;1-2H3. The van der Waals surface area contributed by atoms with E-state index < -0.39 is 0 Å². The Balaban J connectivity index is -0.000000389. The molecule has 0 amide bonds. The van der Waals surface area contributed by atoms with Crippen LogP contribution in [0.2, 0.25) is 0 Å². The number of rotatable bonds is 5. The molecule has 0 radical (unpaired) electrons. The second kappa shape index (κ2) is 15.0. The molecule has 0 aromatic heterocycles. The van der Waals surface area contributed by atoms with Crippen molar-refractivity contribution in [2.24, 2.45) is 11.3 Å². The van der Waals surface area contributed by atoms with Gasteiger partial charge in [0.1, 0.15) is 0 Å². The third-order valence-corrected chi connectivity index (χ3v) is 2.22. The summed E-state index contributed by atoms with van der Waals surface area (Å²) in [4.78, 5) is 2.31. The molecule has 0 N–H and O–H groups in total. The van der Waals surface area contributed by atoms with E-state index in [1.807, 2.05) is 13.8 Å². The van der Waals surface area contributed by atoms with Crippen LogP contribution in [0, 0.1) is 11.3 Å². The molecule has 0 heterocycles. The van der Waals surface area contributed by atoms with Crippen molar-refractivity contribution in [1.82, 2.24) is 4.90 Å². The van der Waals surface area contributed by atoms with Gasteiger partial charge in [-0.15, -0.1) is 0 Å². The van der Waals surface area contributed by atoms with Gasteiger partial charge in [0.2, 0.25) is 0 Å². The molecule has 18 heavy (non-hydrogen) atoms. The highest BCUT2D eigenvalue weighted by Crippen LogP contribution is 2.27. The number of hydrogen-bond acceptors (Lipinski definition) is 1. The minimum atomic E-state index is 0.482. The van der Waals surface area contributed by atoms with Gasteiger partial charge in [0.05, 0.1) is 0 Å². The molecule has 0 saturated carbocycles. The fraction of sp³-hybridized carbons (Fsp3) is 1.00. The van der Waals surface area contributed by atoms with E-state index in [0.717, 1.165) is 5.92 Å². The van der Waals surface area contributed by atoms with E-state index in [1.165, 1.54) is 32.2 Å². The summed E-state index contributed by atoms with van der Waals surface area (Å²) in [5.41, 5.74) is 0.482. The molecule has 0 fully saturated rings. The van der Waals surface area contributed by atoms with Gasteiger partial charge in [-0.05, 0) is 38.3 Å². The fourth-order valence-electron chi connectivity index (χ4n) is 2.05. The third-order valence-electron chi connectivity index (χ3n) is 2.22. The highest BCUT2D eigenvalue weighted by Gasteiger charge is 2.18. The van der Waals surface area contributed by atoms with Crippen molar-refractivity contribution in [1.29, 1.82) is 0 Å². The summed E-state index contributed by atoms with van der Waals surface area (Å²) in [6, 6.07) is 0. The molecule has 0 aliphatic rings. The summed E-state index contributed by atoms with van der Waals surface area (Å²) >= 11 is 0. The first kappa shape index (κ1) is 23.1. The van der Waals surface area contributed by atoms with Crippen LogP contribution in [0.25, 0.3) is 0 Å². The van der Waals surface area contributed by atoms with Crippen LogP contribution < -0.4 is 0 Å². The van der Waals surface area contributed by atoms with Crippen LogP contribution in [0.5, 0.6) is 0 Å². The highest BCUT2D eigenvalue weighted by atomic mass is 15.1. The van der Waals surface area contributed by atoms with Crippen LogP contribution >= 0.6 is 0 Å². The molecule has 0 spiro atoms. The predicted molar refractivity (Wildman–Crippen MR) is 88.3 cm³/mol. The molecular formula is C17H41N. The highest BCUT2D eigenvalue weighted by molar-refractivity contribution is 4.70. The minimum absolute atomic E-state index is 0.482. The van der Waals surface area contributed by atoms with Crippen LogP contribution in [0.15, 0.2) is 0 Å². The number of hydrogen-bond donors (Lipinski definition) is 0. The SMILES string of the molecule is CC.CCC.CCCC(CN(C)C)CC(C)(C)C. The number of nitrogens with zero attached hydrogens (tertiary/aromatic N) is 1. The molecule has 0 aliphatic heterocycles. The Kier molecular flexibility index (Phi) is 19.3. The smallest absolute Gasteiger partial charge is 0.000376 e. The minimum Gasteiger partial charge on any atom is -0.309 e. The second-order valence-electron chi connectivity index (χ2n) is 6.39. The molecule has 0 aliphatic carbocycles. The molecule has 114 valence electrons. The molecule has 0 saturated heterocycles. The molecule has 1 atom stereocenters. The molecule has 1 heteroatoms. The van der Waals surface area contributed by atoms with Crippen molar-refractivity contribution in [2.75, 3.05) is 20.6 Å². The maximum absolute atomic E-state index is 2.34. The van der Waals surface area contributed by atoms with Crippen molar-refractivity contribution in [2.45, 2.75) is 81.1 Å². The van der Waals surface area contributed by atoms with E-state index in [1.54, 1.807) is 0 Å². The monoisotopic (exact) mass is 259 g/mol. The van der Waals surface area contributed by atoms with Crippen molar-refractivity contribution in [3.63, 3.8) is 0 Å². The average Bonchev–Trinajstić information content (AvgIpc) is 2.18. The van der Waals surface area contributed by atoms with Crippen LogP contribution in [-0.2, 0) is 0 Å². The van der Waals surface area contributed by atoms with E-state index in [9.17, 15) is 0 Å². The molecule has 0 bridgehead atoms. The summed E-state index contributed by atoms with van der Waals surface area (Å²) in [5, 5.41) is 0. The summed E-state index contributed by atoms with van der Waals surface area (Å²) in [5.74, 6) is 0.875. The van der Waals surface area contributed by atoms with E-state index in [0.29, 0.717) is 5.41 Å². The lowest BCUT2D eigenvalue weighted by atomic mass is 9.82. The van der Waals surface area contributed by atoms with Gasteiger partial charge in [-0.2, -0.15) is 0 Å². The maximum atomic E-state index is 2.34. The molecule has 1 nitrogen and oxygen atoms in total. The Labute approximate surface area is 118 Å². The second-order valence-corrected chi connectivity index (χ2v) is 6.39. The molecule has 0 rings (SSSR count). The van der Waals surface area contributed by atoms with Gasteiger partial charge >= 0.3 is 0 Å². The Hall–Kier alpha value is -0.0400. The Morgan fingerprint density at radius 3 is 1.56 bits per heavy atom. The zero-order chi connectivity index (χ0) is 15.2. The van der Waals surface area contributed by atoms with Crippen LogP contribution in [0.3, 0.4) is 0 Å². The van der Waals surface area contributed by atoms with Crippen molar-refractivity contribution >= 4 is 0 Å². The Morgan fingerprint density at radius 2 is 1.33 bits per heavy atom. The van der Waals surface area contributed by atoms with Gasteiger partial charge in [0.25, 0.3) is 0 Å². The summed E-state index contributed by atoms with van der Waals surface area (Å²) < 4.78 is 0. The molecule has 0 aromatic carbocycles. The molecule has 0 aromatic rings. The van der Waals surface area contributed by atoms with Gasteiger partial charge < -0.3 is 4.90 Å². The van der Waals surface area contributed by atoms with Gasteiger partial charge in [0, 0.05) is 6.54 Å². The van der Waals surface area contributed by atoms with Crippen molar-refractivity contribution in [3.05, 3.63) is 0 Å². The van der Waals surface area contributed by atoms with Crippen molar-refractivity contribution in [3.8, 4) is 0 Å². The van der Waals surface area contributed by atoms with Crippen LogP contribution in [0.4, 0.5) is 0 Å². The van der Waals surface area contributed by atoms with Gasteiger partial charge in [-0.3, -0.25) is 0 Å². The zero-order valence-corrected chi connectivity index (χ0v) is 15.1. The summed E-state index contributed by atoms with van der Waals surface area (Å²) in [7, 11) is 4.34. The van der Waals surface area contributed by atoms with Gasteiger partial charge in [-0.1, -0.05) is 68.2 Å². The topological polar surface area (TPSA) is 3.24 Å². The molecule has 1 unspecified atom stereocenters. The van der Waals surface area contributed by atoms with E-state index >= 15 is 0 Å². The zero-order valence-electron chi connectivity index (χ0n) is 15.1. The van der Waals surface area contributed by atoms with E-state index in [-0.39, 0.29) is 0 Å². The van der Waals surface area contributed by atoms with Gasteiger partial charge in [-0.25, -0.2) is 0 Å². The first-order valence-corrected chi connectivity index (χ1v) is 7.91. The lowest BCUT2D eigenvalue weighted by Gasteiger charge is -2.27. The third kappa shape index (κ3) is 25.0. The fourth-order valence-corrected chi connectivity index (χ4v) is 2.05. The average molecular weight is 260 g/mol. The first-order chi connectivity index (χ1) is 8.26. The quantitative estimate of drug-likeness (QED) is 0.599. The van der Waals surface area contributed by atoms with E-state index in [4.69, 9.17) is 0 Å². The Morgan fingerprint density at radius 1 is 0.944 bits per heavy atom. The normalized spacial score (nSPS) is 12.2. The largest absolute Gasteiger partial charge is 0.309 e. The lowest BCUT2D eigenvalue weighted by molar-refractivity contribution is 0.227.